The summed E-state index contributed by atoms with van der Waals surface area (Å²) in [5.41, 5.74) is 3.08. The lowest BCUT2D eigenvalue weighted by atomic mass is 10.0. The summed E-state index contributed by atoms with van der Waals surface area (Å²) in [6.45, 7) is 8.39. The Morgan fingerprint density at radius 3 is 2.47 bits per heavy atom. The van der Waals surface area contributed by atoms with E-state index in [1.165, 1.54) is 4.88 Å². The van der Waals surface area contributed by atoms with Gasteiger partial charge in [-0.1, -0.05) is 19.9 Å². The van der Waals surface area contributed by atoms with Crippen molar-refractivity contribution in [2.24, 2.45) is 5.92 Å². The van der Waals surface area contributed by atoms with Gasteiger partial charge in [0.2, 0.25) is 0 Å². The summed E-state index contributed by atoms with van der Waals surface area (Å²) in [7, 11) is 0. The Bertz CT molecular complexity index is 546. The van der Waals surface area contributed by atoms with Crippen molar-refractivity contribution in [1.82, 2.24) is 0 Å². The molecule has 102 valence electrons. The molecule has 1 heterocycles. The summed E-state index contributed by atoms with van der Waals surface area (Å²) in [5, 5.41) is 15.5. The van der Waals surface area contributed by atoms with Crippen LogP contribution in [0, 0.1) is 19.8 Å². The van der Waals surface area contributed by atoms with Gasteiger partial charge in [0.15, 0.2) is 0 Å². The van der Waals surface area contributed by atoms with Crippen LogP contribution in [0.15, 0.2) is 29.6 Å². The average molecular weight is 275 g/mol. The number of rotatable bonds is 4. The molecule has 0 aliphatic rings. The van der Waals surface area contributed by atoms with E-state index in [1.807, 2.05) is 26.0 Å². The first-order valence-corrected chi connectivity index (χ1v) is 7.47. The average Bonchev–Trinajstić information content (AvgIpc) is 2.85. The van der Waals surface area contributed by atoms with Gasteiger partial charge in [-0.15, -0.1) is 11.3 Å². The molecule has 0 bridgehead atoms. The van der Waals surface area contributed by atoms with Crippen LogP contribution in [-0.4, -0.2) is 5.11 Å². The first kappa shape index (κ1) is 13.9. The minimum absolute atomic E-state index is 0.308. The first-order chi connectivity index (χ1) is 8.99. The SMILES string of the molecule is Cc1cc(NC(c2cccs2)C(C)C)c(C)cc1O. The summed E-state index contributed by atoms with van der Waals surface area (Å²) in [6.07, 6.45) is 0. The number of hydrogen-bond donors (Lipinski definition) is 2. The third-order valence-corrected chi connectivity index (χ3v) is 4.33. The fraction of sp³-hybridized carbons (Fsp3) is 0.375. The predicted molar refractivity (Wildman–Crippen MR) is 83.1 cm³/mol. The molecule has 2 nitrogen and oxygen atoms in total. The number of aryl methyl sites for hydroxylation is 2. The van der Waals surface area contributed by atoms with Gasteiger partial charge in [0, 0.05) is 10.6 Å². The molecule has 19 heavy (non-hydrogen) atoms. The molecule has 1 aromatic carbocycles. The summed E-state index contributed by atoms with van der Waals surface area (Å²) < 4.78 is 0. The predicted octanol–water partition coefficient (Wildman–Crippen LogP) is 4.88. The number of hydrogen-bond acceptors (Lipinski definition) is 3. The molecular weight excluding hydrogens is 254 g/mol. The van der Waals surface area contributed by atoms with E-state index in [2.05, 4.69) is 36.7 Å². The number of phenols is 1. The molecule has 1 aromatic heterocycles. The molecular formula is C16H21NOS. The molecule has 0 saturated heterocycles. The molecule has 0 radical (unpaired) electrons. The second-order valence-corrected chi connectivity index (χ2v) is 6.31. The lowest BCUT2D eigenvalue weighted by Crippen LogP contribution is -2.16. The summed E-state index contributed by atoms with van der Waals surface area (Å²) >= 11 is 1.78. The van der Waals surface area contributed by atoms with Crippen LogP contribution in [-0.2, 0) is 0 Å². The molecule has 2 rings (SSSR count). The highest BCUT2D eigenvalue weighted by molar-refractivity contribution is 7.10. The number of nitrogens with one attached hydrogen (secondary N) is 1. The minimum Gasteiger partial charge on any atom is -0.508 e. The zero-order valence-corrected chi connectivity index (χ0v) is 12.7. The fourth-order valence-corrected chi connectivity index (χ4v) is 3.11. The van der Waals surface area contributed by atoms with Gasteiger partial charge in [0.1, 0.15) is 5.75 Å². The van der Waals surface area contributed by atoms with Crippen molar-refractivity contribution in [3.05, 3.63) is 45.6 Å². The van der Waals surface area contributed by atoms with Gasteiger partial charge in [-0.3, -0.25) is 0 Å². The molecule has 1 atom stereocenters. The Morgan fingerprint density at radius 2 is 1.89 bits per heavy atom. The maximum absolute atomic E-state index is 9.73. The van der Waals surface area contributed by atoms with Crippen molar-refractivity contribution in [3.8, 4) is 5.75 Å². The molecule has 1 unspecified atom stereocenters. The molecule has 0 fully saturated rings. The molecule has 0 saturated carbocycles. The quantitative estimate of drug-likeness (QED) is 0.779. The summed E-state index contributed by atoms with van der Waals surface area (Å²) in [5.74, 6) is 0.868. The van der Waals surface area contributed by atoms with Crippen LogP contribution >= 0.6 is 11.3 Å². The molecule has 2 aromatic rings. The van der Waals surface area contributed by atoms with Crippen molar-refractivity contribution in [1.29, 1.82) is 0 Å². The Hall–Kier alpha value is -1.48. The van der Waals surface area contributed by atoms with Crippen LogP contribution in [0.4, 0.5) is 5.69 Å². The third-order valence-electron chi connectivity index (χ3n) is 3.37. The zero-order valence-electron chi connectivity index (χ0n) is 11.9. The van der Waals surface area contributed by atoms with E-state index < -0.39 is 0 Å². The third kappa shape index (κ3) is 3.10. The van der Waals surface area contributed by atoms with E-state index in [0.29, 0.717) is 17.7 Å². The molecule has 3 heteroatoms. The molecule has 0 spiro atoms. The van der Waals surface area contributed by atoms with E-state index in [9.17, 15) is 5.11 Å². The lowest BCUT2D eigenvalue weighted by molar-refractivity contribution is 0.470. The van der Waals surface area contributed by atoms with Crippen molar-refractivity contribution in [2.75, 3.05) is 5.32 Å². The second-order valence-electron chi connectivity index (χ2n) is 5.34. The highest BCUT2D eigenvalue weighted by Gasteiger charge is 2.17. The Labute approximate surface area is 119 Å². The van der Waals surface area contributed by atoms with Crippen molar-refractivity contribution in [2.45, 2.75) is 33.7 Å². The number of thiophene rings is 1. The highest BCUT2D eigenvalue weighted by Crippen LogP contribution is 2.33. The van der Waals surface area contributed by atoms with Crippen molar-refractivity contribution >= 4 is 17.0 Å². The molecule has 0 aliphatic carbocycles. The maximum Gasteiger partial charge on any atom is 0.118 e. The van der Waals surface area contributed by atoms with Crippen LogP contribution in [0.25, 0.3) is 0 Å². The van der Waals surface area contributed by atoms with Crippen LogP contribution in [0.1, 0.15) is 35.9 Å². The van der Waals surface area contributed by atoms with E-state index in [-0.39, 0.29) is 0 Å². The Kier molecular flexibility index (Phi) is 4.15. The van der Waals surface area contributed by atoms with Crippen LogP contribution < -0.4 is 5.32 Å². The first-order valence-electron chi connectivity index (χ1n) is 6.59. The lowest BCUT2D eigenvalue weighted by Gasteiger charge is -2.24. The van der Waals surface area contributed by atoms with Gasteiger partial charge in [-0.05, 0) is 54.5 Å². The van der Waals surface area contributed by atoms with Gasteiger partial charge in [0.25, 0.3) is 0 Å². The molecule has 0 aliphatic heterocycles. The number of benzene rings is 1. The molecule has 2 N–H and O–H groups in total. The van der Waals surface area contributed by atoms with E-state index in [0.717, 1.165) is 16.8 Å². The normalized spacial score (nSPS) is 12.7. The number of aromatic hydroxyl groups is 1. The monoisotopic (exact) mass is 275 g/mol. The Morgan fingerprint density at radius 1 is 1.16 bits per heavy atom. The van der Waals surface area contributed by atoms with Gasteiger partial charge < -0.3 is 10.4 Å². The van der Waals surface area contributed by atoms with Gasteiger partial charge in [-0.25, -0.2) is 0 Å². The van der Waals surface area contributed by atoms with Crippen LogP contribution in [0.2, 0.25) is 0 Å². The van der Waals surface area contributed by atoms with E-state index >= 15 is 0 Å². The van der Waals surface area contributed by atoms with Crippen molar-refractivity contribution in [3.63, 3.8) is 0 Å². The van der Waals surface area contributed by atoms with Gasteiger partial charge in [-0.2, -0.15) is 0 Å². The van der Waals surface area contributed by atoms with Crippen LogP contribution in [0.5, 0.6) is 5.75 Å². The van der Waals surface area contributed by atoms with Gasteiger partial charge in [0.05, 0.1) is 6.04 Å². The van der Waals surface area contributed by atoms with Gasteiger partial charge >= 0.3 is 0 Å². The number of phenolic OH excluding ortho intramolecular Hbond substituents is 1. The Balaban J connectivity index is 2.30. The molecule has 0 amide bonds. The minimum atomic E-state index is 0.308. The van der Waals surface area contributed by atoms with E-state index in [1.54, 1.807) is 11.3 Å². The maximum atomic E-state index is 9.73. The number of anilines is 1. The topological polar surface area (TPSA) is 32.3 Å². The summed E-state index contributed by atoms with van der Waals surface area (Å²) in [4.78, 5) is 1.35. The smallest absolute Gasteiger partial charge is 0.118 e. The highest BCUT2D eigenvalue weighted by atomic mass is 32.1. The summed E-state index contributed by atoms with van der Waals surface area (Å²) in [6, 6.07) is 8.41. The van der Waals surface area contributed by atoms with E-state index in [4.69, 9.17) is 0 Å². The fourth-order valence-electron chi connectivity index (χ4n) is 2.16. The second kappa shape index (κ2) is 5.66. The standard InChI is InChI=1S/C16H21NOS/c1-10(2)16(15-6-5-7-19-15)17-13-8-12(4)14(18)9-11(13)3/h5-10,16-18H,1-4H3. The largest absolute Gasteiger partial charge is 0.508 e. The van der Waals surface area contributed by atoms with Crippen molar-refractivity contribution < 1.29 is 5.11 Å². The van der Waals surface area contributed by atoms with Crippen LogP contribution in [0.3, 0.4) is 0 Å². The zero-order chi connectivity index (χ0) is 14.0.